The van der Waals surface area contributed by atoms with Gasteiger partial charge >= 0.3 is 0 Å². The average Bonchev–Trinajstić information content (AvgIpc) is 2.49. The molecule has 0 bridgehead atoms. The summed E-state index contributed by atoms with van der Waals surface area (Å²) in [4.78, 5) is 1.43. The van der Waals surface area contributed by atoms with Crippen molar-refractivity contribution < 1.29 is 0 Å². The van der Waals surface area contributed by atoms with Gasteiger partial charge in [0.05, 0.1) is 0 Å². The molecule has 4 N–H and O–H groups in total. The van der Waals surface area contributed by atoms with Gasteiger partial charge in [0.15, 0.2) is 0 Å². The van der Waals surface area contributed by atoms with Crippen molar-refractivity contribution >= 4 is 11.8 Å². The molecule has 3 rings (SSSR count). The third kappa shape index (κ3) is 2.74. The van der Waals surface area contributed by atoms with Gasteiger partial charge in [0.25, 0.3) is 0 Å². The summed E-state index contributed by atoms with van der Waals surface area (Å²) in [5.41, 5.74) is 1.49. The molecule has 0 radical (unpaired) electrons. The molecule has 0 spiro atoms. The topological polar surface area (TPSA) is 48.1 Å². The molecule has 4 nitrogen and oxygen atoms in total. The lowest BCUT2D eigenvalue weighted by Crippen LogP contribution is -2.50. The van der Waals surface area contributed by atoms with Gasteiger partial charge in [-0.15, -0.1) is 0 Å². The Kier molecular flexibility index (Phi) is 3.93. The predicted octanol–water partition coefficient (Wildman–Crippen LogP) is 0.690. The Morgan fingerprint density at radius 2 is 2.17 bits per heavy atom. The predicted molar refractivity (Wildman–Crippen MR) is 76.8 cm³/mol. The summed E-state index contributed by atoms with van der Waals surface area (Å²) in [5.74, 6) is 0.594. The Morgan fingerprint density at radius 3 is 2.94 bits per heavy atom. The van der Waals surface area contributed by atoms with Crippen LogP contribution < -0.4 is 21.3 Å². The van der Waals surface area contributed by atoms with Crippen LogP contribution in [0, 0.1) is 5.92 Å². The number of thioether (sulfide) groups is 1. The minimum atomic E-state index is 0.492. The van der Waals surface area contributed by atoms with E-state index in [0.717, 1.165) is 32.6 Å². The van der Waals surface area contributed by atoms with Gasteiger partial charge in [0.2, 0.25) is 0 Å². The van der Waals surface area contributed by atoms with Gasteiger partial charge in [-0.25, -0.2) is 0 Å². The molecule has 1 saturated heterocycles. The van der Waals surface area contributed by atoms with E-state index in [1.165, 1.54) is 10.5 Å². The Hall–Kier alpha value is -0.910. The van der Waals surface area contributed by atoms with Gasteiger partial charge < -0.3 is 21.3 Å². The van der Waals surface area contributed by atoms with Crippen molar-refractivity contribution in [2.24, 2.45) is 5.92 Å². The Labute approximate surface area is 112 Å². The zero-order valence-electron chi connectivity index (χ0n) is 10.4. The summed E-state index contributed by atoms with van der Waals surface area (Å²) in [6.07, 6.45) is 7.47. The van der Waals surface area contributed by atoms with Gasteiger partial charge in [-0.1, -0.05) is 11.8 Å². The van der Waals surface area contributed by atoms with Crippen molar-refractivity contribution in [3.63, 3.8) is 0 Å². The highest BCUT2D eigenvalue weighted by molar-refractivity contribution is 8.05. The molecule has 0 amide bonds. The van der Waals surface area contributed by atoms with Crippen LogP contribution in [0.4, 0.5) is 0 Å². The number of hydrogen-bond donors (Lipinski definition) is 4. The zero-order chi connectivity index (χ0) is 12.2. The van der Waals surface area contributed by atoms with E-state index in [4.69, 9.17) is 0 Å². The molecule has 0 aromatic rings. The Balaban J connectivity index is 1.63. The average molecular weight is 264 g/mol. The van der Waals surface area contributed by atoms with Crippen LogP contribution in [0.5, 0.6) is 0 Å². The quantitative estimate of drug-likeness (QED) is 0.591. The maximum absolute atomic E-state index is 3.59. The summed E-state index contributed by atoms with van der Waals surface area (Å²) < 4.78 is 0. The first kappa shape index (κ1) is 12.1. The van der Waals surface area contributed by atoms with Gasteiger partial charge in [0, 0.05) is 55.4 Å². The second kappa shape index (κ2) is 5.82. The van der Waals surface area contributed by atoms with Crippen LogP contribution in [0.25, 0.3) is 0 Å². The Morgan fingerprint density at radius 1 is 1.17 bits per heavy atom. The smallest absolute Gasteiger partial charge is 0.0423 e. The van der Waals surface area contributed by atoms with E-state index in [0.29, 0.717) is 12.0 Å². The minimum Gasteiger partial charge on any atom is -0.390 e. The lowest BCUT2D eigenvalue weighted by atomic mass is 9.91. The largest absolute Gasteiger partial charge is 0.390 e. The zero-order valence-corrected chi connectivity index (χ0v) is 11.2. The molecule has 0 aromatic heterocycles. The summed E-state index contributed by atoms with van der Waals surface area (Å²) in [6.45, 7) is 4.23. The van der Waals surface area contributed by atoms with Crippen molar-refractivity contribution in [2.75, 3.05) is 26.2 Å². The summed E-state index contributed by atoms with van der Waals surface area (Å²) in [5, 5.41) is 15.8. The van der Waals surface area contributed by atoms with Gasteiger partial charge in [-0.3, -0.25) is 0 Å². The van der Waals surface area contributed by atoms with Gasteiger partial charge in [-0.2, -0.15) is 0 Å². The van der Waals surface area contributed by atoms with Crippen molar-refractivity contribution in [3.05, 3.63) is 34.5 Å². The van der Waals surface area contributed by atoms with Crippen LogP contribution in [0.3, 0.4) is 0 Å². The molecule has 2 unspecified atom stereocenters. The van der Waals surface area contributed by atoms with Crippen molar-refractivity contribution in [3.8, 4) is 0 Å². The molecule has 98 valence electrons. The van der Waals surface area contributed by atoms with E-state index >= 15 is 0 Å². The van der Waals surface area contributed by atoms with E-state index in [9.17, 15) is 0 Å². The van der Waals surface area contributed by atoms with Crippen LogP contribution in [-0.2, 0) is 0 Å². The minimum absolute atomic E-state index is 0.492. The fraction of sp³-hybridized carbons (Fsp3) is 0.538. The third-order valence-corrected chi connectivity index (χ3v) is 4.61. The van der Waals surface area contributed by atoms with Crippen molar-refractivity contribution in [1.29, 1.82) is 0 Å². The van der Waals surface area contributed by atoms with Crippen LogP contribution in [0.1, 0.15) is 6.42 Å². The van der Waals surface area contributed by atoms with Crippen LogP contribution in [-0.4, -0.2) is 32.2 Å². The van der Waals surface area contributed by atoms with Crippen molar-refractivity contribution in [1.82, 2.24) is 21.3 Å². The molecular weight excluding hydrogens is 244 g/mol. The van der Waals surface area contributed by atoms with E-state index < -0.39 is 0 Å². The second-order valence-corrected chi connectivity index (χ2v) is 5.85. The lowest BCUT2D eigenvalue weighted by Gasteiger charge is -2.33. The molecule has 18 heavy (non-hydrogen) atoms. The molecule has 0 aliphatic carbocycles. The van der Waals surface area contributed by atoms with E-state index in [1.54, 1.807) is 0 Å². The molecule has 2 atom stereocenters. The first-order valence-electron chi connectivity index (χ1n) is 6.58. The first-order chi connectivity index (χ1) is 8.93. The van der Waals surface area contributed by atoms with Crippen molar-refractivity contribution in [2.45, 2.75) is 12.5 Å². The summed E-state index contributed by atoms with van der Waals surface area (Å²) >= 11 is 1.83. The first-order valence-corrected chi connectivity index (χ1v) is 7.45. The highest BCUT2D eigenvalue weighted by Crippen LogP contribution is 2.33. The monoisotopic (exact) mass is 264 g/mol. The fourth-order valence-electron chi connectivity index (χ4n) is 2.64. The highest BCUT2D eigenvalue weighted by Gasteiger charge is 2.25. The molecule has 3 heterocycles. The van der Waals surface area contributed by atoms with E-state index in [-0.39, 0.29) is 0 Å². The number of piperazine rings is 1. The molecular formula is C13H20N4S. The maximum Gasteiger partial charge on any atom is 0.0423 e. The maximum atomic E-state index is 3.59. The number of hydrogen-bond acceptors (Lipinski definition) is 5. The number of nitrogens with one attached hydrogen (secondary N) is 4. The molecule has 1 fully saturated rings. The van der Waals surface area contributed by atoms with Crippen LogP contribution in [0.2, 0.25) is 0 Å². The normalized spacial score (nSPS) is 32.0. The SMILES string of the molecule is C1=CSC(C2CNC=C(C3CNCCN3)C2)=CN1. The number of rotatable bonds is 2. The molecule has 0 aromatic carbocycles. The molecule has 0 saturated carbocycles. The molecule has 5 heteroatoms. The summed E-state index contributed by atoms with van der Waals surface area (Å²) in [6, 6.07) is 0.492. The van der Waals surface area contributed by atoms with Crippen LogP contribution in [0.15, 0.2) is 34.5 Å². The van der Waals surface area contributed by atoms with E-state index in [1.807, 2.05) is 18.0 Å². The summed E-state index contributed by atoms with van der Waals surface area (Å²) in [7, 11) is 0. The second-order valence-electron chi connectivity index (χ2n) is 4.87. The highest BCUT2D eigenvalue weighted by atomic mass is 32.2. The molecule has 3 aliphatic rings. The standard InChI is InChI=1S/C13H20N4S/c1-2-17-12(8-14-1)10-5-11(7-16-6-10)13-9-15-3-4-18-13/h3-4,6,9,11-12,14-17H,1-2,5,7-8H2. The van der Waals surface area contributed by atoms with Gasteiger partial charge in [0.1, 0.15) is 0 Å². The lowest BCUT2D eigenvalue weighted by molar-refractivity contribution is 0.424. The fourth-order valence-corrected chi connectivity index (χ4v) is 3.44. The Bertz CT molecular complexity index is 382. The third-order valence-electron chi connectivity index (χ3n) is 3.62. The van der Waals surface area contributed by atoms with E-state index in [2.05, 4.69) is 39.1 Å². The molecule has 3 aliphatic heterocycles. The van der Waals surface area contributed by atoms with Crippen LogP contribution >= 0.6 is 11.8 Å². The van der Waals surface area contributed by atoms with Gasteiger partial charge in [-0.05, 0) is 23.6 Å².